The summed E-state index contributed by atoms with van der Waals surface area (Å²) >= 11 is 0. The lowest BCUT2D eigenvalue weighted by atomic mass is 9.68. The molecule has 1 aliphatic heterocycles. The number of aryl methyl sites for hydroxylation is 1. The third-order valence-electron chi connectivity index (χ3n) is 7.47. The maximum Gasteiger partial charge on any atom is 0.251 e. The zero-order valence-corrected chi connectivity index (χ0v) is 18.6. The van der Waals surface area contributed by atoms with E-state index < -0.39 is 10.0 Å². The first-order valence-corrected chi connectivity index (χ1v) is 12.0. The molecule has 3 fully saturated rings. The second kappa shape index (κ2) is 7.06. The van der Waals surface area contributed by atoms with Gasteiger partial charge in [0.05, 0.1) is 18.1 Å². The zero-order valence-electron chi connectivity index (χ0n) is 17.8. The number of sulfonamides is 1. The van der Waals surface area contributed by atoms with Crippen LogP contribution in [0.4, 0.5) is 0 Å². The van der Waals surface area contributed by atoms with Crippen molar-refractivity contribution >= 4 is 15.9 Å². The van der Waals surface area contributed by atoms with Crippen molar-refractivity contribution in [2.45, 2.75) is 57.9 Å². The number of carbonyl (C=O) groups is 1. The van der Waals surface area contributed by atoms with Crippen LogP contribution in [0.5, 0.6) is 0 Å². The molecular weight excluding hydrogens is 388 g/mol. The Bertz CT molecular complexity index is 916. The van der Waals surface area contributed by atoms with Gasteiger partial charge in [-0.15, -0.1) is 0 Å². The van der Waals surface area contributed by atoms with Gasteiger partial charge in [0, 0.05) is 24.7 Å². The molecule has 6 nitrogen and oxygen atoms in total. The Morgan fingerprint density at radius 2 is 1.86 bits per heavy atom. The quantitative estimate of drug-likeness (QED) is 0.813. The molecule has 29 heavy (non-hydrogen) atoms. The first-order valence-electron chi connectivity index (χ1n) is 10.5. The average molecular weight is 421 g/mol. The highest BCUT2D eigenvalue weighted by atomic mass is 32.2. The molecule has 1 N–H and O–H groups in total. The molecule has 1 aromatic carbocycles. The Kier molecular flexibility index (Phi) is 5.07. The number of hydrogen-bond donors (Lipinski definition) is 1. The van der Waals surface area contributed by atoms with Crippen LogP contribution in [-0.2, 0) is 14.8 Å². The number of amides is 1. The van der Waals surface area contributed by atoms with Gasteiger partial charge in [0.1, 0.15) is 0 Å². The van der Waals surface area contributed by atoms with Gasteiger partial charge in [-0.3, -0.25) is 4.79 Å². The molecule has 160 valence electrons. The smallest absolute Gasteiger partial charge is 0.251 e. The van der Waals surface area contributed by atoms with Gasteiger partial charge in [0.2, 0.25) is 10.0 Å². The summed E-state index contributed by atoms with van der Waals surface area (Å²) in [5.41, 5.74) is 1.35. The fourth-order valence-electron chi connectivity index (χ4n) is 5.84. The minimum absolute atomic E-state index is 0.0508. The van der Waals surface area contributed by atoms with Crippen LogP contribution in [-0.4, -0.2) is 51.0 Å². The van der Waals surface area contributed by atoms with Crippen molar-refractivity contribution in [2.75, 3.05) is 26.3 Å². The van der Waals surface area contributed by atoms with E-state index in [1.54, 1.807) is 12.1 Å². The van der Waals surface area contributed by atoms with Crippen LogP contribution in [0.1, 0.15) is 56.0 Å². The normalized spacial score (nSPS) is 31.7. The Balaban J connectivity index is 1.60. The van der Waals surface area contributed by atoms with Gasteiger partial charge >= 0.3 is 0 Å². The van der Waals surface area contributed by atoms with Gasteiger partial charge in [-0.2, -0.15) is 4.31 Å². The predicted molar refractivity (Wildman–Crippen MR) is 111 cm³/mol. The fraction of sp³-hybridized carbons (Fsp3) is 0.682. The summed E-state index contributed by atoms with van der Waals surface area (Å²) in [7, 11) is -3.64. The van der Waals surface area contributed by atoms with Crippen molar-refractivity contribution in [3.05, 3.63) is 29.3 Å². The summed E-state index contributed by atoms with van der Waals surface area (Å²) in [5, 5.41) is 3.28. The molecule has 2 saturated carbocycles. The minimum atomic E-state index is -3.64. The highest BCUT2D eigenvalue weighted by Crippen LogP contribution is 2.62. The first-order chi connectivity index (χ1) is 13.5. The van der Waals surface area contributed by atoms with Crippen LogP contribution in [0, 0.1) is 23.7 Å². The lowest BCUT2D eigenvalue weighted by molar-refractivity contribution is 0.0728. The molecule has 1 heterocycles. The van der Waals surface area contributed by atoms with Gasteiger partial charge in [-0.05, 0) is 66.7 Å². The molecule has 1 aromatic rings. The van der Waals surface area contributed by atoms with Crippen LogP contribution >= 0.6 is 0 Å². The van der Waals surface area contributed by atoms with Gasteiger partial charge < -0.3 is 10.1 Å². The third kappa shape index (κ3) is 3.51. The van der Waals surface area contributed by atoms with Gasteiger partial charge in [0.15, 0.2) is 0 Å². The van der Waals surface area contributed by atoms with E-state index in [1.807, 2.05) is 6.92 Å². The summed E-state index contributed by atoms with van der Waals surface area (Å²) in [6, 6.07) is 5.04. The van der Waals surface area contributed by atoms with Crippen molar-refractivity contribution in [3.63, 3.8) is 0 Å². The number of nitrogens with one attached hydrogen (secondary N) is 1. The van der Waals surface area contributed by atoms with E-state index in [0.717, 1.165) is 18.4 Å². The second-order valence-corrected chi connectivity index (χ2v) is 11.8. The maximum atomic E-state index is 13.2. The summed E-state index contributed by atoms with van der Waals surface area (Å²) in [6.45, 7) is 10.1. The molecule has 4 rings (SSSR count). The molecule has 1 unspecified atom stereocenters. The molecule has 7 heteroatoms. The molecule has 3 aliphatic rings. The lowest BCUT2D eigenvalue weighted by Gasteiger charge is -2.43. The molecular formula is C22H32N2O4S. The lowest BCUT2D eigenvalue weighted by Crippen LogP contribution is -2.52. The molecule has 1 amide bonds. The summed E-state index contributed by atoms with van der Waals surface area (Å²) in [4.78, 5) is 13.4. The monoisotopic (exact) mass is 420 g/mol. The third-order valence-corrected chi connectivity index (χ3v) is 9.34. The minimum Gasteiger partial charge on any atom is -0.379 e. The molecule has 0 radical (unpaired) electrons. The molecule has 0 spiro atoms. The summed E-state index contributed by atoms with van der Waals surface area (Å²) in [6.07, 6.45) is 3.51. The van der Waals surface area contributed by atoms with E-state index in [0.29, 0.717) is 37.8 Å². The van der Waals surface area contributed by atoms with E-state index in [-0.39, 0.29) is 27.7 Å². The fourth-order valence-corrected chi connectivity index (χ4v) is 7.38. The number of carbonyl (C=O) groups excluding carboxylic acids is 1. The molecule has 2 bridgehead atoms. The van der Waals surface area contributed by atoms with E-state index >= 15 is 0 Å². The van der Waals surface area contributed by atoms with Crippen LogP contribution < -0.4 is 5.32 Å². The van der Waals surface area contributed by atoms with E-state index in [9.17, 15) is 13.2 Å². The molecule has 3 atom stereocenters. The highest BCUT2D eigenvalue weighted by Gasteiger charge is 2.59. The van der Waals surface area contributed by atoms with Crippen LogP contribution in [0.15, 0.2) is 23.1 Å². The number of nitrogens with zero attached hydrogens (tertiary/aromatic N) is 1. The van der Waals surface area contributed by atoms with E-state index in [4.69, 9.17) is 4.74 Å². The van der Waals surface area contributed by atoms with Crippen LogP contribution in [0.3, 0.4) is 0 Å². The molecule has 2 aliphatic carbocycles. The maximum absolute atomic E-state index is 13.2. The number of ether oxygens (including phenoxy) is 1. The van der Waals surface area contributed by atoms with Gasteiger partial charge in [0.25, 0.3) is 5.91 Å². The van der Waals surface area contributed by atoms with Crippen molar-refractivity contribution < 1.29 is 17.9 Å². The summed E-state index contributed by atoms with van der Waals surface area (Å²) in [5.74, 6) is 0.451. The van der Waals surface area contributed by atoms with Gasteiger partial charge in [-0.25, -0.2) is 8.42 Å². The molecule has 1 saturated heterocycles. The van der Waals surface area contributed by atoms with E-state index in [1.165, 1.54) is 16.8 Å². The number of morpholine rings is 1. The number of rotatable bonds is 4. The Morgan fingerprint density at radius 3 is 2.48 bits per heavy atom. The number of fused-ring (bicyclic) bond motifs is 2. The Labute approximate surface area is 174 Å². The highest BCUT2D eigenvalue weighted by molar-refractivity contribution is 7.89. The molecule has 0 aromatic heterocycles. The Hall–Kier alpha value is -1.44. The number of hydrogen-bond acceptors (Lipinski definition) is 4. The van der Waals surface area contributed by atoms with Crippen LogP contribution in [0.2, 0.25) is 0 Å². The van der Waals surface area contributed by atoms with Gasteiger partial charge in [-0.1, -0.05) is 20.8 Å². The van der Waals surface area contributed by atoms with Crippen LogP contribution in [0.25, 0.3) is 0 Å². The predicted octanol–water partition coefficient (Wildman–Crippen LogP) is 2.96. The van der Waals surface area contributed by atoms with Crippen molar-refractivity contribution in [3.8, 4) is 0 Å². The summed E-state index contributed by atoms with van der Waals surface area (Å²) < 4.78 is 32.8. The first kappa shape index (κ1) is 20.8. The Morgan fingerprint density at radius 1 is 1.17 bits per heavy atom. The zero-order chi connectivity index (χ0) is 21.0. The topological polar surface area (TPSA) is 75.7 Å². The van der Waals surface area contributed by atoms with Crippen molar-refractivity contribution in [2.24, 2.45) is 16.7 Å². The SMILES string of the molecule is Cc1cc(C(=O)NC2C(C)(C)[C@H]3CC[C@@]2(C)C3)cc(S(=O)(=O)N2CCOCC2)c1. The van der Waals surface area contributed by atoms with Crippen molar-refractivity contribution in [1.82, 2.24) is 9.62 Å². The standard InChI is InChI=1S/C22H32N2O4S/c1-15-11-16(13-18(12-15)29(26,27)24-7-9-28-10-8-24)19(25)23-20-21(2,3)17-5-6-22(20,4)14-17/h11-13,17,20H,5-10,14H2,1-4H3,(H,23,25)/t17-,20?,22-/m0/s1. The van der Waals surface area contributed by atoms with Crippen molar-refractivity contribution in [1.29, 1.82) is 0 Å². The average Bonchev–Trinajstić information content (AvgIpc) is 3.16. The van der Waals surface area contributed by atoms with E-state index in [2.05, 4.69) is 26.1 Å². The number of benzene rings is 1. The largest absolute Gasteiger partial charge is 0.379 e. The second-order valence-electron chi connectivity index (χ2n) is 9.87.